The zero-order valence-electron chi connectivity index (χ0n) is 10.8. The van der Waals surface area contributed by atoms with E-state index in [0.29, 0.717) is 6.54 Å². The molecule has 0 saturated heterocycles. The van der Waals surface area contributed by atoms with Crippen molar-refractivity contribution in [3.05, 3.63) is 70.1 Å². The van der Waals surface area contributed by atoms with Gasteiger partial charge in [-0.2, -0.15) is 0 Å². The zero-order chi connectivity index (χ0) is 13.7. The van der Waals surface area contributed by atoms with E-state index in [2.05, 4.69) is 5.32 Å². The summed E-state index contributed by atoms with van der Waals surface area (Å²) in [5, 5.41) is 2.80. The molecule has 0 fully saturated rings. The molecule has 0 radical (unpaired) electrons. The molecule has 2 aromatic rings. The summed E-state index contributed by atoms with van der Waals surface area (Å²) in [7, 11) is 0. The maximum atomic E-state index is 11.8. The SMILES string of the molecule is Cc1cccc(=O)n1CC(=O)NCc1ccccc1. The number of aryl methyl sites for hydroxylation is 1. The predicted molar refractivity (Wildman–Crippen MR) is 73.7 cm³/mol. The molecule has 1 heterocycles. The Morgan fingerprint density at radius 3 is 2.53 bits per heavy atom. The minimum atomic E-state index is -0.166. The summed E-state index contributed by atoms with van der Waals surface area (Å²) in [5.41, 5.74) is 1.66. The maximum Gasteiger partial charge on any atom is 0.251 e. The lowest BCUT2D eigenvalue weighted by Crippen LogP contribution is -2.32. The minimum absolute atomic E-state index is 0.0539. The number of aromatic nitrogens is 1. The second-order valence-electron chi connectivity index (χ2n) is 4.35. The molecule has 98 valence electrons. The number of nitrogens with one attached hydrogen (secondary N) is 1. The standard InChI is InChI=1S/C15H16N2O2/c1-12-6-5-9-15(19)17(12)11-14(18)16-10-13-7-3-2-4-8-13/h2-9H,10-11H2,1H3,(H,16,18). The van der Waals surface area contributed by atoms with Gasteiger partial charge in [0.2, 0.25) is 5.91 Å². The van der Waals surface area contributed by atoms with E-state index >= 15 is 0 Å². The molecule has 0 saturated carbocycles. The van der Waals surface area contributed by atoms with Crippen LogP contribution in [0.1, 0.15) is 11.3 Å². The van der Waals surface area contributed by atoms with E-state index in [4.69, 9.17) is 0 Å². The highest BCUT2D eigenvalue weighted by molar-refractivity contribution is 5.75. The summed E-state index contributed by atoms with van der Waals surface area (Å²) >= 11 is 0. The van der Waals surface area contributed by atoms with Gasteiger partial charge in [0, 0.05) is 18.3 Å². The molecule has 19 heavy (non-hydrogen) atoms. The van der Waals surface area contributed by atoms with Gasteiger partial charge in [0.1, 0.15) is 6.54 Å². The molecule has 0 spiro atoms. The number of pyridine rings is 1. The van der Waals surface area contributed by atoms with Crippen LogP contribution in [0.2, 0.25) is 0 Å². The van der Waals surface area contributed by atoms with Gasteiger partial charge in [0.15, 0.2) is 0 Å². The molecule has 2 rings (SSSR count). The lowest BCUT2D eigenvalue weighted by Gasteiger charge is -2.09. The van der Waals surface area contributed by atoms with Gasteiger partial charge >= 0.3 is 0 Å². The van der Waals surface area contributed by atoms with Crippen LogP contribution in [0.15, 0.2) is 53.3 Å². The monoisotopic (exact) mass is 256 g/mol. The number of amides is 1. The third-order valence-corrected chi connectivity index (χ3v) is 2.90. The van der Waals surface area contributed by atoms with Crippen LogP contribution in [0.25, 0.3) is 0 Å². The predicted octanol–water partition coefficient (Wildman–Crippen LogP) is 1.47. The van der Waals surface area contributed by atoms with Gasteiger partial charge in [-0.3, -0.25) is 9.59 Å². The first-order valence-electron chi connectivity index (χ1n) is 6.14. The highest BCUT2D eigenvalue weighted by atomic mass is 16.2. The largest absolute Gasteiger partial charge is 0.350 e. The quantitative estimate of drug-likeness (QED) is 0.900. The molecule has 0 aliphatic heterocycles. The Morgan fingerprint density at radius 1 is 1.11 bits per heavy atom. The molecule has 4 nitrogen and oxygen atoms in total. The van der Waals surface area contributed by atoms with Crippen molar-refractivity contribution in [2.45, 2.75) is 20.0 Å². The summed E-state index contributed by atoms with van der Waals surface area (Å²) in [6.07, 6.45) is 0. The van der Waals surface area contributed by atoms with Crippen LogP contribution in [0.4, 0.5) is 0 Å². The highest BCUT2D eigenvalue weighted by Gasteiger charge is 2.05. The number of nitrogens with zero attached hydrogens (tertiary/aromatic N) is 1. The average molecular weight is 256 g/mol. The molecular weight excluding hydrogens is 240 g/mol. The molecule has 4 heteroatoms. The lowest BCUT2D eigenvalue weighted by molar-refractivity contribution is -0.121. The fourth-order valence-electron chi connectivity index (χ4n) is 1.82. The Morgan fingerprint density at radius 2 is 1.84 bits per heavy atom. The van der Waals surface area contributed by atoms with Crippen molar-refractivity contribution in [2.75, 3.05) is 0 Å². The van der Waals surface area contributed by atoms with E-state index in [9.17, 15) is 9.59 Å². The molecule has 0 bridgehead atoms. The van der Waals surface area contributed by atoms with Crippen molar-refractivity contribution in [1.82, 2.24) is 9.88 Å². The van der Waals surface area contributed by atoms with Gasteiger partial charge in [-0.15, -0.1) is 0 Å². The normalized spacial score (nSPS) is 10.2. The average Bonchev–Trinajstić information content (AvgIpc) is 2.42. The van der Waals surface area contributed by atoms with Gasteiger partial charge in [0.05, 0.1) is 0 Å². The first-order valence-corrected chi connectivity index (χ1v) is 6.14. The summed E-state index contributed by atoms with van der Waals surface area (Å²) in [6, 6.07) is 14.6. The molecule has 0 unspecified atom stereocenters. The second kappa shape index (κ2) is 6.00. The number of hydrogen-bond donors (Lipinski definition) is 1. The molecule has 1 aromatic carbocycles. The van der Waals surface area contributed by atoms with Crippen molar-refractivity contribution in [2.24, 2.45) is 0 Å². The molecule has 0 atom stereocenters. The third-order valence-electron chi connectivity index (χ3n) is 2.90. The Kier molecular flexibility index (Phi) is 4.13. The van der Waals surface area contributed by atoms with Gasteiger partial charge < -0.3 is 9.88 Å². The van der Waals surface area contributed by atoms with Crippen LogP contribution in [-0.4, -0.2) is 10.5 Å². The number of carbonyl (C=O) groups excluding carboxylic acids is 1. The first-order chi connectivity index (χ1) is 9.16. The van der Waals surface area contributed by atoms with E-state index in [1.807, 2.05) is 43.3 Å². The Balaban J connectivity index is 1.97. The summed E-state index contributed by atoms with van der Waals surface area (Å²) in [4.78, 5) is 23.5. The van der Waals surface area contributed by atoms with Crippen molar-refractivity contribution < 1.29 is 4.79 Å². The van der Waals surface area contributed by atoms with Crippen LogP contribution in [0, 0.1) is 6.92 Å². The smallest absolute Gasteiger partial charge is 0.251 e. The molecule has 1 amide bonds. The summed E-state index contributed by atoms with van der Waals surface area (Å²) < 4.78 is 1.46. The number of rotatable bonds is 4. The number of carbonyl (C=O) groups is 1. The van der Waals surface area contributed by atoms with Crippen molar-refractivity contribution in [1.29, 1.82) is 0 Å². The lowest BCUT2D eigenvalue weighted by atomic mass is 10.2. The van der Waals surface area contributed by atoms with Crippen molar-refractivity contribution >= 4 is 5.91 Å². The van der Waals surface area contributed by atoms with Gasteiger partial charge in [0.25, 0.3) is 5.56 Å². The molecule has 1 aromatic heterocycles. The third kappa shape index (κ3) is 3.55. The number of benzene rings is 1. The van der Waals surface area contributed by atoms with E-state index in [1.165, 1.54) is 10.6 Å². The van der Waals surface area contributed by atoms with Gasteiger partial charge in [-0.1, -0.05) is 36.4 Å². The molecule has 0 aliphatic rings. The maximum absolute atomic E-state index is 11.8. The van der Waals surface area contributed by atoms with Crippen molar-refractivity contribution in [3.63, 3.8) is 0 Å². The van der Waals surface area contributed by atoms with Crippen LogP contribution in [0.5, 0.6) is 0 Å². The molecular formula is C15H16N2O2. The first kappa shape index (κ1) is 13.1. The van der Waals surface area contributed by atoms with E-state index in [1.54, 1.807) is 6.07 Å². The fraction of sp³-hybridized carbons (Fsp3) is 0.200. The zero-order valence-corrected chi connectivity index (χ0v) is 10.8. The van der Waals surface area contributed by atoms with Crippen LogP contribution < -0.4 is 10.9 Å². The molecule has 0 aliphatic carbocycles. The number of hydrogen-bond acceptors (Lipinski definition) is 2. The summed E-state index contributed by atoms with van der Waals surface area (Å²) in [6.45, 7) is 2.34. The van der Waals surface area contributed by atoms with Crippen LogP contribution in [0.3, 0.4) is 0 Å². The topological polar surface area (TPSA) is 51.1 Å². The fourth-order valence-corrected chi connectivity index (χ4v) is 1.82. The van der Waals surface area contributed by atoms with E-state index in [0.717, 1.165) is 11.3 Å². The van der Waals surface area contributed by atoms with E-state index < -0.39 is 0 Å². The summed E-state index contributed by atoms with van der Waals surface area (Å²) in [5.74, 6) is -0.166. The second-order valence-corrected chi connectivity index (χ2v) is 4.35. The Bertz CT molecular complexity index is 618. The highest BCUT2D eigenvalue weighted by Crippen LogP contribution is 1.98. The van der Waals surface area contributed by atoms with Crippen LogP contribution in [-0.2, 0) is 17.9 Å². The van der Waals surface area contributed by atoms with E-state index in [-0.39, 0.29) is 18.0 Å². The Hall–Kier alpha value is -2.36. The van der Waals surface area contributed by atoms with Crippen molar-refractivity contribution in [3.8, 4) is 0 Å². The van der Waals surface area contributed by atoms with Gasteiger partial charge in [-0.25, -0.2) is 0 Å². The van der Waals surface area contributed by atoms with Gasteiger partial charge in [-0.05, 0) is 18.6 Å². The minimum Gasteiger partial charge on any atom is -0.350 e. The molecule has 1 N–H and O–H groups in total. The Labute approximate surface area is 111 Å². The van der Waals surface area contributed by atoms with Crippen LogP contribution >= 0.6 is 0 Å².